The second-order valence-electron chi connectivity index (χ2n) is 8.21. The summed E-state index contributed by atoms with van der Waals surface area (Å²) in [7, 11) is 0. The molecule has 0 aliphatic carbocycles. The molecule has 1 fully saturated rings. The Morgan fingerprint density at radius 2 is 1.81 bits per heavy atom. The van der Waals surface area contributed by atoms with Crippen molar-refractivity contribution < 1.29 is 0 Å². The van der Waals surface area contributed by atoms with Gasteiger partial charge in [-0.05, 0) is 74.0 Å². The number of aryl methyl sites for hydroxylation is 1. The molecule has 0 amide bonds. The Kier molecular flexibility index (Phi) is 6.73. The van der Waals surface area contributed by atoms with Crippen molar-refractivity contribution in [2.75, 3.05) is 26.2 Å². The summed E-state index contributed by atoms with van der Waals surface area (Å²) in [6, 6.07) is 17.9. The molecule has 2 heteroatoms. The molecule has 0 bridgehead atoms. The third-order valence-corrected chi connectivity index (χ3v) is 6.11. The van der Waals surface area contributed by atoms with Crippen LogP contribution in [-0.4, -0.2) is 31.1 Å². The summed E-state index contributed by atoms with van der Waals surface area (Å²) in [4.78, 5) is 2.64. The topological polar surface area (TPSA) is 15.3 Å². The van der Waals surface area contributed by atoms with E-state index in [9.17, 15) is 0 Å². The van der Waals surface area contributed by atoms with Crippen molar-refractivity contribution in [3.8, 4) is 0 Å². The SMILES string of the molecule is C=CNCCc1cc(C)ccc1C1(C)CCN(CCc2ccccc2)CC1. The highest BCUT2D eigenvalue weighted by molar-refractivity contribution is 5.38. The highest BCUT2D eigenvalue weighted by Crippen LogP contribution is 2.37. The summed E-state index contributed by atoms with van der Waals surface area (Å²) in [6.07, 6.45) is 6.50. The fourth-order valence-electron chi connectivity index (χ4n) is 4.30. The van der Waals surface area contributed by atoms with Gasteiger partial charge in [-0.2, -0.15) is 0 Å². The molecule has 2 aromatic carbocycles. The van der Waals surface area contributed by atoms with Crippen molar-refractivity contribution >= 4 is 0 Å². The van der Waals surface area contributed by atoms with E-state index < -0.39 is 0 Å². The first-order valence-electron chi connectivity index (χ1n) is 10.3. The van der Waals surface area contributed by atoms with E-state index >= 15 is 0 Å². The lowest BCUT2D eigenvalue weighted by molar-refractivity contribution is 0.170. The van der Waals surface area contributed by atoms with Gasteiger partial charge in [0.2, 0.25) is 0 Å². The number of nitrogens with one attached hydrogen (secondary N) is 1. The third kappa shape index (κ3) is 5.23. The fraction of sp³-hybridized carbons (Fsp3) is 0.440. The van der Waals surface area contributed by atoms with E-state index in [2.05, 4.69) is 79.2 Å². The molecule has 0 saturated carbocycles. The van der Waals surface area contributed by atoms with Crippen LogP contribution < -0.4 is 5.32 Å². The van der Waals surface area contributed by atoms with E-state index in [0.29, 0.717) is 5.41 Å². The van der Waals surface area contributed by atoms with E-state index in [1.807, 2.05) is 0 Å². The van der Waals surface area contributed by atoms with Gasteiger partial charge in [-0.3, -0.25) is 0 Å². The van der Waals surface area contributed by atoms with Gasteiger partial charge < -0.3 is 10.2 Å². The van der Waals surface area contributed by atoms with Crippen molar-refractivity contribution in [3.63, 3.8) is 0 Å². The summed E-state index contributed by atoms with van der Waals surface area (Å²) in [5.74, 6) is 0. The number of piperidine rings is 1. The predicted octanol–water partition coefficient (Wildman–Crippen LogP) is 4.87. The second kappa shape index (κ2) is 9.23. The lowest BCUT2D eigenvalue weighted by Crippen LogP contribution is -2.42. The Balaban J connectivity index is 1.62. The van der Waals surface area contributed by atoms with Gasteiger partial charge in [0.05, 0.1) is 0 Å². The lowest BCUT2D eigenvalue weighted by atomic mass is 9.72. The average molecular weight is 363 g/mol. The van der Waals surface area contributed by atoms with Crippen molar-refractivity contribution in [3.05, 3.63) is 83.6 Å². The van der Waals surface area contributed by atoms with Crippen LogP contribution in [0.15, 0.2) is 61.3 Å². The van der Waals surface area contributed by atoms with Crippen LogP contribution in [0.4, 0.5) is 0 Å². The van der Waals surface area contributed by atoms with Gasteiger partial charge in [-0.1, -0.05) is 67.6 Å². The smallest absolute Gasteiger partial charge is 0.0181 e. The molecule has 0 unspecified atom stereocenters. The number of nitrogens with zero attached hydrogens (tertiary/aromatic N) is 1. The molecule has 0 spiro atoms. The Labute approximate surface area is 165 Å². The molecule has 1 saturated heterocycles. The molecule has 0 aromatic heterocycles. The standard InChI is InChI=1S/C25H34N2/c1-4-26-16-12-23-20-21(2)10-11-24(23)25(3)14-18-27(19-15-25)17-13-22-8-6-5-7-9-22/h4-11,20,26H,1,12-19H2,2-3H3. The van der Waals surface area contributed by atoms with E-state index in [4.69, 9.17) is 0 Å². The van der Waals surface area contributed by atoms with E-state index in [-0.39, 0.29) is 0 Å². The Bertz CT molecular complexity index is 727. The Hall–Kier alpha value is -2.06. The maximum absolute atomic E-state index is 3.77. The molecule has 3 rings (SSSR count). The highest BCUT2D eigenvalue weighted by atomic mass is 15.1. The van der Waals surface area contributed by atoms with Crippen molar-refractivity contribution in [2.45, 2.75) is 44.9 Å². The summed E-state index contributed by atoms with van der Waals surface area (Å²) in [5, 5.41) is 3.25. The molecule has 1 aliphatic heterocycles. The van der Waals surface area contributed by atoms with Crippen LogP contribution >= 0.6 is 0 Å². The molecule has 0 atom stereocenters. The third-order valence-electron chi connectivity index (χ3n) is 6.11. The zero-order valence-electron chi connectivity index (χ0n) is 17.0. The molecular formula is C25H34N2. The maximum atomic E-state index is 3.77. The summed E-state index contributed by atoms with van der Waals surface area (Å²) >= 11 is 0. The van der Waals surface area contributed by atoms with Gasteiger partial charge in [0.25, 0.3) is 0 Å². The van der Waals surface area contributed by atoms with Crippen molar-refractivity contribution in [2.24, 2.45) is 0 Å². The number of hydrogen-bond acceptors (Lipinski definition) is 2. The average Bonchev–Trinajstić information content (AvgIpc) is 2.69. The molecule has 1 aliphatic rings. The zero-order chi connectivity index (χ0) is 19.1. The normalized spacial score (nSPS) is 16.8. The molecule has 1 N–H and O–H groups in total. The van der Waals surface area contributed by atoms with Crippen molar-refractivity contribution in [1.82, 2.24) is 10.2 Å². The van der Waals surface area contributed by atoms with Gasteiger partial charge in [-0.15, -0.1) is 0 Å². The van der Waals surface area contributed by atoms with Crippen LogP contribution in [-0.2, 0) is 18.3 Å². The first kappa shape index (κ1) is 19.7. The minimum absolute atomic E-state index is 0.292. The molecule has 2 nitrogen and oxygen atoms in total. The minimum Gasteiger partial charge on any atom is -0.391 e. The first-order chi connectivity index (χ1) is 13.1. The van der Waals surface area contributed by atoms with Gasteiger partial charge in [0, 0.05) is 13.1 Å². The highest BCUT2D eigenvalue weighted by Gasteiger charge is 2.33. The Morgan fingerprint density at radius 3 is 2.52 bits per heavy atom. The number of hydrogen-bond donors (Lipinski definition) is 1. The van der Waals surface area contributed by atoms with Gasteiger partial charge in [0.1, 0.15) is 0 Å². The van der Waals surface area contributed by atoms with Crippen LogP contribution in [0, 0.1) is 6.92 Å². The van der Waals surface area contributed by atoms with E-state index in [1.54, 1.807) is 11.8 Å². The van der Waals surface area contributed by atoms with E-state index in [1.165, 1.54) is 49.2 Å². The fourth-order valence-corrected chi connectivity index (χ4v) is 4.30. The van der Waals surface area contributed by atoms with Gasteiger partial charge in [0.15, 0.2) is 0 Å². The summed E-state index contributed by atoms with van der Waals surface area (Å²) in [5.41, 5.74) is 6.16. The Morgan fingerprint density at radius 1 is 1.07 bits per heavy atom. The van der Waals surface area contributed by atoms with Crippen LogP contribution in [0.1, 0.15) is 42.0 Å². The summed E-state index contributed by atoms with van der Waals surface area (Å²) in [6.45, 7) is 13.0. The van der Waals surface area contributed by atoms with Gasteiger partial charge >= 0.3 is 0 Å². The summed E-state index contributed by atoms with van der Waals surface area (Å²) < 4.78 is 0. The van der Waals surface area contributed by atoms with Gasteiger partial charge in [-0.25, -0.2) is 0 Å². The van der Waals surface area contributed by atoms with Crippen LogP contribution in [0.5, 0.6) is 0 Å². The molecule has 2 aromatic rings. The largest absolute Gasteiger partial charge is 0.391 e. The van der Waals surface area contributed by atoms with Crippen LogP contribution in [0.3, 0.4) is 0 Å². The molecule has 0 radical (unpaired) electrons. The number of likely N-dealkylation sites (tertiary alicyclic amines) is 1. The maximum Gasteiger partial charge on any atom is 0.0181 e. The zero-order valence-corrected chi connectivity index (χ0v) is 17.0. The minimum atomic E-state index is 0.292. The predicted molar refractivity (Wildman–Crippen MR) is 116 cm³/mol. The second-order valence-corrected chi connectivity index (χ2v) is 8.21. The quantitative estimate of drug-likeness (QED) is 0.674. The monoisotopic (exact) mass is 362 g/mol. The molecule has 144 valence electrons. The number of benzene rings is 2. The van der Waals surface area contributed by atoms with E-state index in [0.717, 1.165) is 19.4 Å². The molecule has 1 heterocycles. The lowest BCUT2D eigenvalue weighted by Gasteiger charge is -2.41. The van der Waals surface area contributed by atoms with Crippen LogP contribution in [0.25, 0.3) is 0 Å². The molecule has 27 heavy (non-hydrogen) atoms. The van der Waals surface area contributed by atoms with Crippen LogP contribution in [0.2, 0.25) is 0 Å². The number of rotatable bonds is 8. The molecular weight excluding hydrogens is 328 g/mol. The first-order valence-corrected chi connectivity index (χ1v) is 10.3. The van der Waals surface area contributed by atoms with Crippen molar-refractivity contribution in [1.29, 1.82) is 0 Å².